The number of rotatable bonds is 18. The molecule has 0 radical (unpaired) electrons. The molecule has 5 rings (SSSR count). The molecule has 2 aliphatic rings. The van der Waals surface area contributed by atoms with Crippen LogP contribution in [0, 0.1) is 17.7 Å². The summed E-state index contributed by atoms with van der Waals surface area (Å²) < 4.78 is 25.6. The van der Waals surface area contributed by atoms with Crippen LogP contribution in [0.25, 0.3) is 0 Å². The number of ether oxygens (including phenoxy) is 2. The van der Waals surface area contributed by atoms with Crippen LogP contribution in [0.1, 0.15) is 110 Å². The zero-order valence-electron chi connectivity index (χ0n) is 33.9. The van der Waals surface area contributed by atoms with Gasteiger partial charge in [0, 0.05) is 37.5 Å². The van der Waals surface area contributed by atoms with Crippen molar-refractivity contribution in [2.24, 2.45) is 11.8 Å². The van der Waals surface area contributed by atoms with E-state index in [-0.39, 0.29) is 54.6 Å². The number of fused-ring (bicyclic) bond motifs is 1. The van der Waals surface area contributed by atoms with E-state index in [9.17, 15) is 28.7 Å². The van der Waals surface area contributed by atoms with Gasteiger partial charge in [-0.15, -0.1) is 11.3 Å². The Balaban J connectivity index is 1.40. The largest absolute Gasteiger partial charge is 0.481 e. The van der Waals surface area contributed by atoms with E-state index in [4.69, 9.17) is 14.5 Å². The summed E-state index contributed by atoms with van der Waals surface area (Å²) in [6, 6.07) is 12.0. The Bertz CT molecular complexity index is 1830. The second kappa shape index (κ2) is 20.4. The highest BCUT2D eigenvalue weighted by atomic mass is 32.1. The number of thiazole rings is 1. The van der Waals surface area contributed by atoms with Crippen LogP contribution in [0.4, 0.5) is 4.39 Å². The Morgan fingerprint density at radius 2 is 1.86 bits per heavy atom. The number of likely N-dealkylation sites (tertiary alicyclic amines) is 1. The van der Waals surface area contributed by atoms with Crippen molar-refractivity contribution in [3.8, 4) is 0 Å². The number of halogens is 1. The van der Waals surface area contributed by atoms with Crippen molar-refractivity contribution >= 4 is 35.0 Å². The fourth-order valence-electron chi connectivity index (χ4n) is 8.00. The molecule has 3 N–H and O–H groups in total. The zero-order chi connectivity index (χ0) is 41.2. The van der Waals surface area contributed by atoms with Crippen molar-refractivity contribution in [3.05, 3.63) is 87.1 Å². The number of hydrogen-bond acceptors (Lipinski definition) is 9. The maximum Gasteiger partial charge on any atom is 0.311 e. The molecule has 12 nitrogen and oxygen atoms in total. The summed E-state index contributed by atoms with van der Waals surface area (Å²) >= 11 is 1.26. The molecule has 1 aromatic heterocycles. The number of methoxy groups -OCH3 is 1. The van der Waals surface area contributed by atoms with Crippen LogP contribution < -0.4 is 10.6 Å². The van der Waals surface area contributed by atoms with Crippen LogP contribution >= 0.6 is 11.3 Å². The Kier molecular flexibility index (Phi) is 15.7. The van der Waals surface area contributed by atoms with E-state index < -0.39 is 41.8 Å². The highest BCUT2D eigenvalue weighted by molar-refractivity contribution is 7.09. The maximum absolute atomic E-state index is 15.0. The average Bonchev–Trinajstić information content (AvgIpc) is 3.69. The Hall–Kier alpha value is -4.24. The first kappa shape index (κ1) is 43.9. The molecule has 0 unspecified atom stereocenters. The van der Waals surface area contributed by atoms with Gasteiger partial charge in [0.25, 0.3) is 5.91 Å². The van der Waals surface area contributed by atoms with Crippen LogP contribution in [-0.4, -0.2) is 95.2 Å². The van der Waals surface area contributed by atoms with Crippen LogP contribution in [0.3, 0.4) is 0 Å². The van der Waals surface area contributed by atoms with Gasteiger partial charge in [0.2, 0.25) is 11.8 Å². The molecule has 7 atom stereocenters. The van der Waals surface area contributed by atoms with Gasteiger partial charge < -0.3 is 30.1 Å². The normalized spacial score (nSPS) is 20.5. The lowest BCUT2D eigenvalue weighted by Gasteiger charge is -2.40. The molecule has 2 heterocycles. The lowest BCUT2D eigenvalue weighted by molar-refractivity contribution is -0.144. The number of aliphatic carboxylic acids is 1. The summed E-state index contributed by atoms with van der Waals surface area (Å²) in [5.41, 5.74) is 2.21. The van der Waals surface area contributed by atoms with E-state index in [0.717, 1.165) is 31.4 Å². The molecule has 2 aromatic carbocycles. The van der Waals surface area contributed by atoms with Crippen molar-refractivity contribution in [1.29, 1.82) is 0 Å². The SMILES string of the molecule is CC[C@H](C)[C@H](NC(=O)[C@H]1CCCCN1C)C(=O)N(Cc1ccccc1)[C@H](C[C@@H](OCOC)c1nc(C(=O)N[C@H]2Cc3ccc(F)cc3[C@H](C(=O)O)C2)cs1)C(C)C. The summed E-state index contributed by atoms with van der Waals surface area (Å²) in [5.74, 6) is -3.47. The molecule has 0 bridgehead atoms. The number of nitrogens with one attached hydrogen (secondary N) is 2. The molecule has 3 amide bonds. The number of carboxylic acid groups (broad SMARTS) is 1. The van der Waals surface area contributed by atoms with Gasteiger partial charge in [0.05, 0.1) is 12.0 Å². The Morgan fingerprint density at radius 1 is 1.11 bits per heavy atom. The number of hydrogen-bond donors (Lipinski definition) is 3. The number of likely N-dealkylation sites (N-methyl/N-ethyl adjacent to an activating group) is 1. The molecule has 1 aliphatic heterocycles. The molecule has 0 saturated carbocycles. The van der Waals surface area contributed by atoms with Gasteiger partial charge >= 0.3 is 5.97 Å². The molecule has 3 aromatic rings. The second-order valence-corrected chi connectivity index (χ2v) is 16.7. The van der Waals surface area contributed by atoms with Gasteiger partial charge in [-0.1, -0.05) is 76.9 Å². The van der Waals surface area contributed by atoms with E-state index in [2.05, 4.69) is 29.4 Å². The smallest absolute Gasteiger partial charge is 0.311 e. The third-order valence-electron chi connectivity index (χ3n) is 11.5. The van der Waals surface area contributed by atoms with E-state index in [1.807, 2.05) is 56.1 Å². The van der Waals surface area contributed by atoms with Crippen molar-refractivity contribution in [2.75, 3.05) is 27.5 Å². The van der Waals surface area contributed by atoms with Gasteiger partial charge in [0.15, 0.2) is 0 Å². The number of piperidine rings is 1. The monoisotopic (exact) mass is 807 g/mol. The third-order valence-corrected chi connectivity index (χ3v) is 12.4. The Labute approximate surface area is 339 Å². The van der Waals surface area contributed by atoms with Gasteiger partial charge in [-0.25, -0.2) is 9.37 Å². The summed E-state index contributed by atoms with van der Waals surface area (Å²) in [7, 11) is 3.48. The van der Waals surface area contributed by atoms with Gasteiger partial charge in [-0.3, -0.25) is 24.1 Å². The van der Waals surface area contributed by atoms with E-state index in [1.54, 1.807) is 11.4 Å². The number of carbonyl (C=O) groups excluding carboxylic acids is 3. The zero-order valence-corrected chi connectivity index (χ0v) is 34.7. The third kappa shape index (κ3) is 11.2. The second-order valence-electron chi connectivity index (χ2n) is 15.8. The molecule has 0 spiro atoms. The van der Waals surface area contributed by atoms with Crippen LogP contribution in [-0.2, 0) is 36.8 Å². The van der Waals surface area contributed by atoms with Crippen molar-refractivity contribution < 1.29 is 38.1 Å². The van der Waals surface area contributed by atoms with Gasteiger partial charge in [-0.05, 0) is 79.9 Å². The number of amides is 3. The summed E-state index contributed by atoms with van der Waals surface area (Å²) in [6.07, 6.45) is 3.59. The molecule has 14 heteroatoms. The minimum atomic E-state index is -1.08. The molecule has 1 saturated heterocycles. The van der Waals surface area contributed by atoms with Crippen molar-refractivity contribution in [1.82, 2.24) is 25.4 Å². The first-order valence-electron chi connectivity index (χ1n) is 20.0. The summed E-state index contributed by atoms with van der Waals surface area (Å²) in [5, 5.41) is 18.2. The Morgan fingerprint density at radius 3 is 2.53 bits per heavy atom. The molecule has 1 aliphatic carbocycles. The van der Waals surface area contributed by atoms with Crippen LogP contribution in [0.2, 0.25) is 0 Å². The van der Waals surface area contributed by atoms with Crippen LogP contribution in [0.15, 0.2) is 53.9 Å². The predicted molar refractivity (Wildman–Crippen MR) is 216 cm³/mol. The number of aromatic nitrogens is 1. The number of carboxylic acids is 1. The lowest BCUT2D eigenvalue weighted by Crippen LogP contribution is -2.58. The number of nitrogens with zero attached hydrogens (tertiary/aromatic N) is 3. The maximum atomic E-state index is 15.0. The predicted octanol–water partition coefficient (Wildman–Crippen LogP) is 6.32. The van der Waals surface area contributed by atoms with E-state index in [0.29, 0.717) is 41.9 Å². The van der Waals surface area contributed by atoms with E-state index in [1.165, 1.54) is 30.6 Å². The average molecular weight is 808 g/mol. The summed E-state index contributed by atoms with van der Waals surface area (Å²) in [4.78, 5) is 63.1. The van der Waals surface area contributed by atoms with Crippen molar-refractivity contribution in [3.63, 3.8) is 0 Å². The molecular formula is C43H58FN5O7S. The number of carbonyl (C=O) groups is 4. The molecule has 57 heavy (non-hydrogen) atoms. The van der Waals surface area contributed by atoms with Gasteiger partial charge in [0.1, 0.15) is 35.5 Å². The number of benzene rings is 2. The summed E-state index contributed by atoms with van der Waals surface area (Å²) in [6.45, 7) is 9.22. The first-order chi connectivity index (χ1) is 27.3. The molecule has 310 valence electrons. The van der Waals surface area contributed by atoms with Gasteiger partial charge in [-0.2, -0.15) is 0 Å². The highest BCUT2D eigenvalue weighted by Gasteiger charge is 2.39. The van der Waals surface area contributed by atoms with Crippen molar-refractivity contribution in [2.45, 2.75) is 115 Å². The molecular weight excluding hydrogens is 750 g/mol. The van der Waals surface area contributed by atoms with E-state index >= 15 is 0 Å². The lowest BCUT2D eigenvalue weighted by atomic mass is 9.80. The topological polar surface area (TPSA) is 150 Å². The minimum absolute atomic E-state index is 0.0448. The minimum Gasteiger partial charge on any atom is -0.481 e. The fourth-order valence-corrected chi connectivity index (χ4v) is 8.86. The standard InChI is InChI=1S/C43H58FN5O7S/c1-7-27(4)38(47-40(51)35-15-11-12-18-48(35)5)42(52)49(23-28-13-9-8-10-14-28)36(26(2)3)22-37(56-25-55-6)41-46-34(24-57-41)39(50)45-31-19-29-16-17-30(44)20-32(29)33(21-31)43(53)54/h8-10,13-14,16-17,20,24,26-27,31,33,35-38H,7,11-12,15,18-19,21-23,25H2,1-6H3,(H,45,50)(H,47,51)(H,53,54)/t27-,31-,33+,35+,36+,37+,38-/m0/s1. The molecule has 1 fully saturated rings. The fraction of sp³-hybridized carbons (Fsp3) is 0.558. The first-order valence-corrected chi connectivity index (χ1v) is 20.9. The quantitative estimate of drug-likeness (QED) is 0.126. The highest BCUT2D eigenvalue weighted by Crippen LogP contribution is 2.34. The van der Waals surface area contributed by atoms with Crippen LogP contribution in [0.5, 0.6) is 0 Å².